The van der Waals surface area contributed by atoms with Gasteiger partial charge in [0.25, 0.3) is 0 Å². The molecule has 0 aliphatic heterocycles. The standard InChI is InChI=1S/C11H15IN4/c1-4-16-10(5-9(3)13-16)7-15-6-8(2)11(12)14-15/h5-6H,4,7H2,1-3H3. The molecule has 0 saturated carbocycles. The van der Waals surface area contributed by atoms with Crippen LogP contribution in [0.4, 0.5) is 0 Å². The minimum Gasteiger partial charge on any atom is -0.268 e. The first-order valence-electron chi connectivity index (χ1n) is 5.33. The minimum absolute atomic E-state index is 0.790. The molecule has 0 N–H and O–H groups in total. The Balaban J connectivity index is 2.26. The molecule has 2 aromatic rings. The molecule has 0 aromatic carbocycles. The highest BCUT2D eigenvalue weighted by Crippen LogP contribution is 2.11. The topological polar surface area (TPSA) is 35.6 Å². The van der Waals surface area contributed by atoms with E-state index in [1.54, 1.807) is 0 Å². The number of halogens is 1. The van der Waals surface area contributed by atoms with Crippen LogP contribution in [0.25, 0.3) is 0 Å². The number of hydrogen-bond acceptors (Lipinski definition) is 2. The third kappa shape index (κ3) is 2.28. The van der Waals surface area contributed by atoms with Crippen molar-refractivity contribution in [1.82, 2.24) is 19.6 Å². The molecule has 2 heterocycles. The molecular formula is C11H15IN4. The van der Waals surface area contributed by atoms with Gasteiger partial charge in [-0.1, -0.05) is 0 Å². The van der Waals surface area contributed by atoms with Crippen LogP contribution in [0.3, 0.4) is 0 Å². The Morgan fingerprint density at radius 2 is 2.06 bits per heavy atom. The SMILES string of the molecule is CCn1nc(C)cc1Cn1cc(C)c(I)n1. The van der Waals surface area contributed by atoms with Crippen LogP contribution >= 0.6 is 22.6 Å². The fourth-order valence-electron chi connectivity index (χ4n) is 1.74. The first kappa shape index (κ1) is 11.6. The van der Waals surface area contributed by atoms with Crippen LogP contribution in [0.1, 0.15) is 23.9 Å². The molecule has 2 rings (SSSR count). The molecular weight excluding hydrogens is 315 g/mol. The third-order valence-electron chi connectivity index (χ3n) is 2.49. The van der Waals surface area contributed by atoms with Crippen molar-refractivity contribution >= 4 is 22.6 Å². The van der Waals surface area contributed by atoms with Crippen LogP contribution in [0.2, 0.25) is 0 Å². The van der Waals surface area contributed by atoms with Gasteiger partial charge in [-0.3, -0.25) is 9.36 Å². The molecule has 0 saturated heterocycles. The van der Waals surface area contributed by atoms with E-state index in [9.17, 15) is 0 Å². The molecule has 0 bridgehead atoms. The monoisotopic (exact) mass is 330 g/mol. The van der Waals surface area contributed by atoms with Crippen molar-refractivity contribution in [3.8, 4) is 0 Å². The first-order valence-corrected chi connectivity index (χ1v) is 6.41. The summed E-state index contributed by atoms with van der Waals surface area (Å²) in [6, 6.07) is 2.12. The Morgan fingerprint density at radius 3 is 2.62 bits per heavy atom. The molecule has 16 heavy (non-hydrogen) atoms. The van der Waals surface area contributed by atoms with Gasteiger partial charge in [0, 0.05) is 18.3 Å². The summed E-state index contributed by atoms with van der Waals surface area (Å²) in [7, 11) is 0. The number of nitrogens with zero attached hydrogens (tertiary/aromatic N) is 4. The fraction of sp³-hybridized carbons (Fsp3) is 0.455. The summed E-state index contributed by atoms with van der Waals surface area (Å²) >= 11 is 2.26. The van der Waals surface area contributed by atoms with Gasteiger partial charge in [0.2, 0.25) is 0 Å². The largest absolute Gasteiger partial charge is 0.268 e. The van der Waals surface area contributed by atoms with Gasteiger partial charge in [-0.2, -0.15) is 10.2 Å². The summed E-state index contributed by atoms with van der Waals surface area (Å²) in [5.41, 5.74) is 3.49. The Kier molecular flexibility index (Phi) is 3.32. The third-order valence-corrected chi connectivity index (χ3v) is 3.56. The van der Waals surface area contributed by atoms with Crippen LogP contribution in [0.5, 0.6) is 0 Å². The maximum Gasteiger partial charge on any atom is 0.126 e. The van der Waals surface area contributed by atoms with E-state index in [2.05, 4.69) is 58.9 Å². The van der Waals surface area contributed by atoms with E-state index in [4.69, 9.17) is 0 Å². The van der Waals surface area contributed by atoms with E-state index >= 15 is 0 Å². The van der Waals surface area contributed by atoms with E-state index < -0.39 is 0 Å². The van der Waals surface area contributed by atoms with Gasteiger partial charge >= 0.3 is 0 Å². The lowest BCUT2D eigenvalue weighted by atomic mass is 10.3. The van der Waals surface area contributed by atoms with Crippen molar-refractivity contribution in [3.05, 3.63) is 32.9 Å². The Hall–Kier alpha value is -0.850. The fourth-order valence-corrected chi connectivity index (χ4v) is 2.16. The van der Waals surface area contributed by atoms with Gasteiger partial charge in [0.1, 0.15) is 3.70 Å². The number of aryl methyl sites for hydroxylation is 3. The van der Waals surface area contributed by atoms with Crippen LogP contribution < -0.4 is 0 Å². The smallest absolute Gasteiger partial charge is 0.126 e. The molecule has 86 valence electrons. The summed E-state index contributed by atoms with van der Waals surface area (Å²) in [6.45, 7) is 7.90. The van der Waals surface area contributed by atoms with E-state index in [-0.39, 0.29) is 0 Å². The molecule has 0 spiro atoms. The zero-order chi connectivity index (χ0) is 11.7. The van der Waals surface area contributed by atoms with Gasteiger partial charge in [0.05, 0.1) is 17.9 Å². The van der Waals surface area contributed by atoms with Crippen molar-refractivity contribution in [2.45, 2.75) is 33.9 Å². The molecule has 0 unspecified atom stereocenters. The lowest BCUT2D eigenvalue weighted by Gasteiger charge is -2.04. The lowest BCUT2D eigenvalue weighted by molar-refractivity contribution is 0.573. The summed E-state index contributed by atoms with van der Waals surface area (Å²) in [5.74, 6) is 0. The number of rotatable bonds is 3. The molecule has 2 aromatic heterocycles. The first-order chi connectivity index (χ1) is 7.60. The van der Waals surface area contributed by atoms with Crippen LogP contribution in [0.15, 0.2) is 12.3 Å². The van der Waals surface area contributed by atoms with Gasteiger partial charge in [-0.25, -0.2) is 0 Å². The molecule has 0 fully saturated rings. The zero-order valence-corrected chi connectivity index (χ0v) is 11.9. The van der Waals surface area contributed by atoms with Gasteiger partial charge in [-0.15, -0.1) is 0 Å². The van der Waals surface area contributed by atoms with Crippen molar-refractivity contribution in [3.63, 3.8) is 0 Å². The van der Waals surface area contributed by atoms with E-state index in [0.29, 0.717) is 0 Å². The molecule has 0 aliphatic carbocycles. The highest BCUT2D eigenvalue weighted by Gasteiger charge is 2.07. The van der Waals surface area contributed by atoms with Crippen LogP contribution in [-0.4, -0.2) is 19.6 Å². The van der Waals surface area contributed by atoms with Crippen molar-refractivity contribution in [2.24, 2.45) is 0 Å². The van der Waals surface area contributed by atoms with Gasteiger partial charge in [0.15, 0.2) is 0 Å². The van der Waals surface area contributed by atoms with Crippen LogP contribution in [0, 0.1) is 17.5 Å². The van der Waals surface area contributed by atoms with Crippen molar-refractivity contribution in [2.75, 3.05) is 0 Å². The second-order valence-corrected chi connectivity index (χ2v) is 4.92. The molecule has 0 radical (unpaired) electrons. The summed E-state index contributed by atoms with van der Waals surface area (Å²) in [5, 5.41) is 8.88. The second-order valence-electron chi connectivity index (χ2n) is 3.89. The molecule has 4 nitrogen and oxygen atoms in total. The summed E-state index contributed by atoms with van der Waals surface area (Å²) in [6.07, 6.45) is 2.07. The van der Waals surface area contributed by atoms with E-state index in [1.807, 2.05) is 16.3 Å². The minimum atomic E-state index is 0.790. The van der Waals surface area contributed by atoms with Gasteiger partial charge < -0.3 is 0 Å². The highest BCUT2D eigenvalue weighted by atomic mass is 127. The average molecular weight is 330 g/mol. The summed E-state index contributed by atoms with van der Waals surface area (Å²) < 4.78 is 5.07. The maximum atomic E-state index is 4.45. The van der Waals surface area contributed by atoms with Crippen molar-refractivity contribution < 1.29 is 0 Å². The normalized spacial score (nSPS) is 11.0. The predicted molar refractivity (Wildman–Crippen MR) is 71.4 cm³/mol. The Labute approximate surface area is 109 Å². The van der Waals surface area contributed by atoms with E-state index in [1.165, 1.54) is 11.3 Å². The number of hydrogen-bond donors (Lipinski definition) is 0. The predicted octanol–water partition coefficient (Wildman–Crippen LogP) is 2.37. The maximum absolute atomic E-state index is 4.45. The molecule has 5 heteroatoms. The second kappa shape index (κ2) is 4.57. The van der Waals surface area contributed by atoms with Gasteiger partial charge in [-0.05, 0) is 49.4 Å². The Morgan fingerprint density at radius 1 is 1.31 bits per heavy atom. The van der Waals surface area contributed by atoms with Crippen molar-refractivity contribution in [1.29, 1.82) is 0 Å². The van der Waals surface area contributed by atoms with E-state index in [0.717, 1.165) is 22.5 Å². The highest BCUT2D eigenvalue weighted by molar-refractivity contribution is 14.1. The molecule has 0 atom stereocenters. The zero-order valence-electron chi connectivity index (χ0n) is 9.74. The lowest BCUT2D eigenvalue weighted by Crippen LogP contribution is -2.08. The average Bonchev–Trinajstić information content (AvgIpc) is 2.72. The summed E-state index contributed by atoms with van der Waals surface area (Å²) in [4.78, 5) is 0. The van der Waals surface area contributed by atoms with Crippen LogP contribution in [-0.2, 0) is 13.1 Å². The Bertz CT molecular complexity index is 479. The molecule has 0 amide bonds. The number of aromatic nitrogens is 4. The quantitative estimate of drug-likeness (QED) is 0.810. The molecule has 0 aliphatic rings.